The number of rotatable bonds is 6. The Morgan fingerprint density at radius 1 is 1.15 bits per heavy atom. The van der Waals surface area contributed by atoms with Crippen molar-refractivity contribution >= 4 is 17.4 Å². The van der Waals surface area contributed by atoms with E-state index in [-0.39, 0.29) is 17.9 Å². The molecule has 3 aromatic rings. The van der Waals surface area contributed by atoms with Crippen molar-refractivity contribution in [2.45, 2.75) is 26.6 Å². The normalized spacial score (nSPS) is 11.8. The van der Waals surface area contributed by atoms with Gasteiger partial charge in [0.1, 0.15) is 18.0 Å². The van der Waals surface area contributed by atoms with Crippen LogP contribution in [0.2, 0.25) is 0 Å². The molecular weight excluding hydrogens is 348 g/mol. The number of Topliss-reactive ketones (excluding diaryl/α,β-unsaturated/α-hetero) is 1. The van der Waals surface area contributed by atoms with E-state index >= 15 is 0 Å². The molecule has 138 valence electrons. The average molecular weight is 366 g/mol. The molecule has 0 amide bonds. The third-order valence-corrected chi connectivity index (χ3v) is 3.89. The average Bonchev–Trinajstić information content (AvgIpc) is 2.66. The minimum absolute atomic E-state index is 0.0483. The second kappa shape index (κ2) is 7.82. The van der Waals surface area contributed by atoms with Crippen molar-refractivity contribution in [3.05, 3.63) is 76.3 Å². The van der Waals surface area contributed by atoms with Crippen molar-refractivity contribution in [3.8, 4) is 5.75 Å². The Labute approximate surface area is 155 Å². The van der Waals surface area contributed by atoms with E-state index in [1.54, 1.807) is 55.6 Å². The summed E-state index contributed by atoms with van der Waals surface area (Å²) in [6.07, 6.45) is 0.767. The summed E-state index contributed by atoms with van der Waals surface area (Å²) in [5.41, 5.74) is 1.15. The zero-order chi connectivity index (χ0) is 19.4. The summed E-state index contributed by atoms with van der Waals surface area (Å²) >= 11 is 0. The molecule has 2 heterocycles. The number of esters is 1. The number of carbonyl (C=O) groups is 2. The molecule has 0 aliphatic heterocycles. The van der Waals surface area contributed by atoms with Crippen molar-refractivity contribution < 1.29 is 19.1 Å². The van der Waals surface area contributed by atoms with Crippen LogP contribution in [-0.4, -0.2) is 27.2 Å². The Morgan fingerprint density at radius 2 is 1.89 bits per heavy atom. The number of pyridine rings is 1. The predicted octanol–water partition coefficient (Wildman–Crippen LogP) is 2.41. The lowest BCUT2D eigenvalue weighted by Gasteiger charge is -2.14. The van der Waals surface area contributed by atoms with Gasteiger partial charge in [-0.3, -0.25) is 14.0 Å². The maximum atomic E-state index is 12.1. The number of benzene rings is 1. The van der Waals surface area contributed by atoms with Crippen molar-refractivity contribution in [2.75, 3.05) is 0 Å². The van der Waals surface area contributed by atoms with Crippen LogP contribution >= 0.6 is 0 Å². The van der Waals surface area contributed by atoms with Gasteiger partial charge in [0.2, 0.25) is 0 Å². The molecule has 0 bridgehead atoms. The highest BCUT2D eigenvalue weighted by Crippen LogP contribution is 2.15. The molecule has 0 radical (unpaired) electrons. The fourth-order valence-corrected chi connectivity index (χ4v) is 2.46. The van der Waals surface area contributed by atoms with Crippen molar-refractivity contribution in [1.29, 1.82) is 0 Å². The highest BCUT2D eigenvalue weighted by molar-refractivity contribution is 5.94. The lowest BCUT2D eigenvalue weighted by atomic mass is 10.1. The molecule has 7 nitrogen and oxygen atoms in total. The fourth-order valence-electron chi connectivity index (χ4n) is 2.46. The molecule has 0 spiro atoms. The maximum absolute atomic E-state index is 12.1. The number of aromatic nitrogens is 2. The van der Waals surface area contributed by atoms with E-state index in [9.17, 15) is 14.4 Å². The monoisotopic (exact) mass is 366 g/mol. The SMILES string of the molecule is CC(=O)c1ccc(O[C@@H](C)C(=O)OCc2cc(=O)n3ccccc3n2)cc1. The van der Waals surface area contributed by atoms with E-state index in [1.807, 2.05) is 0 Å². The number of ether oxygens (including phenoxy) is 2. The van der Waals surface area contributed by atoms with Gasteiger partial charge in [0.25, 0.3) is 5.56 Å². The van der Waals surface area contributed by atoms with Gasteiger partial charge in [-0.25, -0.2) is 9.78 Å². The molecule has 0 aliphatic rings. The number of carbonyl (C=O) groups excluding carboxylic acids is 2. The van der Waals surface area contributed by atoms with Crippen LogP contribution in [0, 0.1) is 0 Å². The molecule has 0 N–H and O–H groups in total. The third-order valence-electron chi connectivity index (χ3n) is 3.89. The smallest absolute Gasteiger partial charge is 0.347 e. The van der Waals surface area contributed by atoms with Gasteiger partial charge in [-0.1, -0.05) is 6.07 Å². The molecule has 27 heavy (non-hydrogen) atoms. The Bertz CT molecular complexity index is 1040. The van der Waals surface area contributed by atoms with E-state index in [4.69, 9.17) is 9.47 Å². The summed E-state index contributed by atoms with van der Waals surface area (Å²) < 4.78 is 12.1. The standard InChI is InChI=1S/C20H18N2O5/c1-13(23)15-6-8-17(9-7-15)27-14(2)20(25)26-12-16-11-19(24)22-10-4-3-5-18(22)21-16/h3-11,14H,12H2,1-2H3/t14-/m0/s1. The lowest BCUT2D eigenvalue weighted by molar-refractivity contribution is -0.152. The first-order chi connectivity index (χ1) is 12.9. The van der Waals surface area contributed by atoms with E-state index < -0.39 is 12.1 Å². The summed E-state index contributed by atoms with van der Waals surface area (Å²) in [5, 5.41) is 0. The van der Waals surface area contributed by atoms with Crippen molar-refractivity contribution in [1.82, 2.24) is 9.38 Å². The van der Waals surface area contributed by atoms with E-state index in [0.29, 0.717) is 22.7 Å². The Balaban J connectivity index is 1.61. The number of hydrogen-bond donors (Lipinski definition) is 0. The van der Waals surface area contributed by atoms with Crippen molar-refractivity contribution in [3.63, 3.8) is 0 Å². The van der Waals surface area contributed by atoms with Crippen LogP contribution < -0.4 is 10.3 Å². The third kappa shape index (κ3) is 4.38. The fraction of sp³-hybridized carbons (Fsp3) is 0.200. The van der Waals surface area contributed by atoms with Crippen LogP contribution in [0.15, 0.2) is 59.5 Å². The highest BCUT2D eigenvalue weighted by atomic mass is 16.6. The van der Waals surface area contributed by atoms with E-state index in [1.165, 1.54) is 17.4 Å². The zero-order valence-corrected chi connectivity index (χ0v) is 14.9. The van der Waals surface area contributed by atoms with Gasteiger partial charge in [0.05, 0.1) is 5.69 Å². The molecule has 0 fully saturated rings. The second-order valence-electron chi connectivity index (χ2n) is 5.96. The van der Waals surface area contributed by atoms with E-state index in [0.717, 1.165) is 0 Å². The molecule has 7 heteroatoms. The van der Waals surface area contributed by atoms with Crippen LogP contribution in [0.4, 0.5) is 0 Å². The van der Waals surface area contributed by atoms with Gasteiger partial charge in [-0.15, -0.1) is 0 Å². The van der Waals surface area contributed by atoms with Gasteiger partial charge in [0, 0.05) is 17.8 Å². The Hall–Kier alpha value is -3.48. The molecule has 0 aliphatic carbocycles. The van der Waals surface area contributed by atoms with Crippen molar-refractivity contribution in [2.24, 2.45) is 0 Å². The van der Waals surface area contributed by atoms with Gasteiger partial charge >= 0.3 is 5.97 Å². The summed E-state index contributed by atoms with van der Waals surface area (Å²) in [6.45, 7) is 2.91. The van der Waals surface area contributed by atoms with Gasteiger partial charge in [-0.05, 0) is 50.2 Å². The van der Waals surface area contributed by atoms with Gasteiger partial charge in [0.15, 0.2) is 11.9 Å². The summed E-state index contributed by atoms with van der Waals surface area (Å²) in [4.78, 5) is 39.7. The van der Waals surface area contributed by atoms with Crippen LogP contribution in [-0.2, 0) is 16.1 Å². The summed E-state index contributed by atoms with van der Waals surface area (Å²) in [6, 6.07) is 13.0. The van der Waals surface area contributed by atoms with Crippen LogP contribution in [0.5, 0.6) is 5.75 Å². The minimum Gasteiger partial charge on any atom is -0.479 e. The Morgan fingerprint density at radius 3 is 2.59 bits per heavy atom. The van der Waals surface area contributed by atoms with Crippen LogP contribution in [0.1, 0.15) is 29.9 Å². The molecule has 0 saturated heterocycles. The second-order valence-corrected chi connectivity index (χ2v) is 5.96. The molecule has 1 atom stereocenters. The quantitative estimate of drug-likeness (QED) is 0.492. The predicted molar refractivity (Wildman–Crippen MR) is 97.8 cm³/mol. The lowest BCUT2D eigenvalue weighted by Crippen LogP contribution is -2.26. The number of nitrogens with zero attached hydrogens (tertiary/aromatic N) is 2. The zero-order valence-electron chi connectivity index (χ0n) is 14.9. The molecule has 3 rings (SSSR count). The van der Waals surface area contributed by atoms with Gasteiger partial charge < -0.3 is 9.47 Å². The first kappa shape index (κ1) is 18.3. The number of hydrogen-bond acceptors (Lipinski definition) is 6. The number of fused-ring (bicyclic) bond motifs is 1. The van der Waals surface area contributed by atoms with E-state index in [2.05, 4.69) is 4.98 Å². The summed E-state index contributed by atoms with van der Waals surface area (Å²) in [5.74, 6) is -0.181. The molecule has 1 aromatic carbocycles. The Kier molecular flexibility index (Phi) is 5.30. The summed E-state index contributed by atoms with van der Waals surface area (Å²) in [7, 11) is 0. The maximum Gasteiger partial charge on any atom is 0.347 e. The molecular formula is C20H18N2O5. The molecule has 0 unspecified atom stereocenters. The van der Waals surface area contributed by atoms with Gasteiger partial charge in [-0.2, -0.15) is 0 Å². The highest BCUT2D eigenvalue weighted by Gasteiger charge is 2.17. The first-order valence-corrected chi connectivity index (χ1v) is 8.35. The number of ketones is 1. The molecule has 0 saturated carbocycles. The minimum atomic E-state index is -0.852. The largest absolute Gasteiger partial charge is 0.479 e. The topological polar surface area (TPSA) is 87.0 Å². The molecule has 2 aromatic heterocycles. The van der Waals surface area contributed by atoms with Crippen LogP contribution in [0.25, 0.3) is 5.65 Å². The first-order valence-electron chi connectivity index (χ1n) is 8.35. The van der Waals surface area contributed by atoms with Crippen LogP contribution in [0.3, 0.4) is 0 Å².